The molecular formula is C16H21N3OS. The summed E-state index contributed by atoms with van der Waals surface area (Å²) < 4.78 is 3.80. The van der Waals surface area contributed by atoms with Crippen LogP contribution in [0.4, 0.5) is 0 Å². The average molecular weight is 303 g/mol. The molecule has 0 saturated heterocycles. The molecule has 1 aromatic carbocycles. The number of rotatable bonds is 5. The third-order valence-electron chi connectivity index (χ3n) is 3.51. The predicted octanol–water partition coefficient (Wildman–Crippen LogP) is 3.71. The molecule has 2 rings (SSSR count). The minimum absolute atomic E-state index is 0.0165. The van der Waals surface area contributed by atoms with Crippen molar-refractivity contribution in [2.75, 3.05) is 6.54 Å². The van der Waals surface area contributed by atoms with Crippen molar-refractivity contribution in [3.8, 4) is 0 Å². The fourth-order valence-corrected chi connectivity index (χ4v) is 2.87. The summed E-state index contributed by atoms with van der Waals surface area (Å²) in [6.07, 6.45) is 0. The van der Waals surface area contributed by atoms with Crippen LogP contribution in [0.1, 0.15) is 48.4 Å². The van der Waals surface area contributed by atoms with Crippen molar-refractivity contribution in [3.05, 3.63) is 46.5 Å². The predicted molar refractivity (Wildman–Crippen MR) is 85.4 cm³/mol. The lowest BCUT2D eigenvalue weighted by Gasteiger charge is -2.31. The Morgan fingerprint density at radius 1 is 1.29 bits per heavy atom. The molecule has 112 valence electrons. The van der Waals surface area contributed by atoms with Crippen molar-refractivity contribution in [2.24, 2.45) is 5.92 Å². The Morgan fingerprint density at radius 3 is 2.57 bits per heavy atom. The number of carbonyl (C=O) groups is 1. The van der Waals surface area contributed by atoms with Gasteiger partial charge in [-0.15, -0.1) is 5.10 Å². The summed E-state index contributed by atoms with van der Waals surface area (Å²) in [6, 6.07) is 8.21. The van der Waals surface area contributed by atoms with Crippen LogP contribution in [-0.2, 0) is 0 Å². The van der Waals surface area contributed by atoms with Crippen molar-refractivity contribution in [1.29, 1.82) is 0 Å². The first-order valence-corrected chi connectivity index (χ1v) is 7.98. The van der Waals surface area contributed by atoms with Crippen LogP contribution in [-0.4, -0.2) is 26.9 Å². The van der Waals surface area contributed by atoms with Crippen molar-refractivity contribution in [2.45, 2.75) is 33.7 Å². The van der Waals surface area contributed by atoms with Crippen LogP contribution in [0.2, 0.25) is 0 Å². The lowest BCUT2D eigenvalue weighted by atomic mass is 10.00. The van der Waals surface area contributed by atoms with E-state index in [-0.39, 0.29) is 11.9 Å². The maximum atomic E-state index is 12.7. The van der Waals surface area contributed by atoms with Crippen molar-refractivity contribution in [1.82, 2.24) is 14.5 Å². The third-order valence-corrected chi connectivity index (χ3v) is 4.01. The Morgan fingerprint density at radius 2 is 2.00 bits per heavy atom. The number of nitrogens with zero attached hydrogens (tertiary/aromatic N) is 3. The van der Waals surface area contributed by atoms with E-state index >= 15 is 0 Å². The van der Waals surface area contributed by atoms with Crippen LogP contribution in [0, 0.1) is 12.8 Å². The lowest BCUT2D eigenvalue weighted by Crippen LogP contribution is -2.37. The summed E-state index contributed by atoms with van der Waals surface area (Å²) in [6.45, 7) is 9.08. The molecular weight excluding hydrogens is 282 g/mol. The molecule has 4 nitrogen and oxygen atoms in total. The highest BCUT2D eigenvalue weighted by atomic mass is 32.1. The number of carbonyl (C=O) groups excluding carboxylic acids is 1. The maximum absolute atomic E-state index is 12.7. The van der Waals surface area contributed by atoms with E-state index in [1.807, 2.05) is 17.0 Å². The Kier molecular flexibility index (Phi) is 5.07. The molecule has 0 saturated carbocycles. The summed E-state index contributed by atoms with van der Waals surface area (Å²) in [5, 5.41) is 5.63. The molecule has 0 fully saturated rings. The number of benzene rings is 1. The van der Waals surface area contributed by atoms with E-state index in [1.165, 1.54) is 22.7 Å². The van der Waals surface area contributed by atoms with Gasteiger partial charge in [0.25, 0.3) is 5.91 Å². The monoisotopic (exact) mass is 303 g/mol. The van der Waals surface area contributed by atoms with Gasteiger partial charge in [0.1, 0.15) is 0 Å². The van der Waals surface area contributed by atoms with E-state index in [2.05, 4.69) is 49.4 Å². The van der Waals surface area contributed by atoms with Crippen molar-refractivity contribution < 1.29 is 4.79 Å². The highest BCUT2D eigenvalue weighted by molar-refractivity contribution is 7.03. The van der Waals surface area contributed by atoms with Crippen LogP contribution in [0.5, 0.6) is 0 Å². The zero-order chi connectivity index (χ0) is 15.4. The molecule has 1 heterocycles. The van der Waals surface area contributed by atoms with Gasteiger partial charge in [-0.2, -0.15) is 0 Å². The minimum Gasteiger partial charge on any atom is -0.330 e. The smallest absolute Gasteiger partial charge is 0.275 e. The highest BCUT2D eigenvalue weighted by Crippen LogP contribution is 2.25. The quantitative estimate of drug-likeness (QED) is 0.846. The van der Waals surface area contributed by atoms with Gasteiger partial charge in [0.2, 0.25) is 0 Å². The fourth-order valence-electron chi connectivity index (χ4n) is 2.44. The molecule has 1 aromatic heterocycles. The minimum atomic E-state index is -0.0480. The number of amides is 1. The number of aromatic nitrogens is 2. The Hall–Kier alpha value is -1.75. The Labute approximate surface area is 130 Å². The van der Waals surface area contributed by atoms with E-state index in [4.69, 9.17) is 0 Å². The summed E-state index contributed by atoms with van der Waals surface area (Å²) in [7, 11) is 0. The molecule has 21 heavy (non-hydrogen) atoms. The second-order valence-corrected chi connectivity index (χ2v) is 6.28. The highest BCUT2D eigenvalue weighted by Gasteiger charge is 2.25. The molecule has 1 unspecified atom stereocenters. The molecule has 5 heteroatoms. The first-order chi connectivity index (χ1) is 10.0. The Balaban J connectivity index is 2.32. The number of aryl methyl sites for hydroxylation is 1. The summed E-state index contributed by atoms with van der Waals surface area (Å²) in [5.74, 6) is 0.347. The van der Waals surface area contributed by atoms with Gasteiger partial charge in [0.15, 0.2) is 5.69 Å². The van der Waals surface area contributed by atoms with Crippen molar-refractivity contribution in [3.63, 3.8) is 0 Å². The van der Waals surface area contributed by atoms with Crippen LogP contribution >= 0.6 is 11.5 Å². The molecule has 0 radical (unpaired) electrons. The molecule has 0 spiro atoms. The number of hydrogen-bond acceptors (Lipinski definition) is 4. The number of hydrogen-bond donors (Lipinski definition) is 0. The summed E-state index contributed by atoms with van der Waals surface area (Å²) in [5.41, 5.74) is 2.80. The molecule has 0 aliphatic rings. The van der Waals surface area contributed by atoms with Gasteiger partial charge < -0.3 is 4.90 Å². The van der Waals surface area contributed by atoms with Crippen LogP contribution in [0.15, 0.2) is 29.6 Å². The van der Waals surface area contributed by atoms with Gasteiger partial charge in [-0.3, -0.25) is 4.79 Å². The third kappa shape index (κ3) is 3.67. The normalized spacial score (nSPS) is 12.4. The SMILES string of the molecule is Cc1ccccc1C(C)N(CC(C)C)C(=O)c1csnn1. The second kappa shape index (κ2) is 6.80. The zero-order valence-corrected chi connectivity index (χ0v) is 13.7. The van der Waals surface area contributed by atoms with Gasteiger partial charge in [-0.25, -0.2) is 0 Å². The van der Waals surface area contributed by atoms with E-state index in [1.54, 1.807) is 5.38 Å². The van der Waals surface area contributed by atoms with Crippen LogP contribution in [0.3, 0.4) is 0 Å². The van der Waals surface area contributed by atoms with E-state index in [0.29, 0.717) is 18.2 Å². The van der Waals surface area contributed by atoms with Gasteiger partial charge in [-0.1, -0.05) is 42.6 Å². The van der Waals surface area contributed by atoms with Gasteiger partial charge in [-0.05, 0) is 42.4 Å². The van der Waals surface area contributed by atoms with Crippen LogP contribution < -0.4 is 0 Å². The standard InChI is InChI=1S/C16H21N3OS/c1-11(2)9-19(16(20)15-10-21-18-17-15)13(4)14-8-6-5-7-12(14)3/h5-8,10-11,13H,9H2,1-4H3. The largest absolute Gasteiger partial charge is 0.330 e. The summed E-state index contributed by atoms with van der Waals surface area (Å²) >= 11 is 1.21. The Bertz CT molecular complexity index is 595. The topological polar surface area (TPSA) is 46.1 Å². The molecule has 0 bridgehead atoms. The van der Waals surface area contributed by atoms with Gasteiger partial charge >= 0.3 is 0 Å². The van der Waals surface area contributed by atoms with Gasteiger partial charge in [0, 0.05) is 11.9 Å². The maximum Gasteiger partial charge on any atom is 0.275 e. The summed E-state index contributed by atoms with van der Waals surface area (Å²) in [4.78, 5) is 14.6. The van der Waals surface area contributed by atoms with Gasteiger partial charge in [0.05, 0.1) is 6.04 Å². The first-order valence-electron chi connectivity index (χ1n) is 7.14. The average Bonchev–Trinajstić information content (AvgIpc) is 2.98. The van der Waals surface area contributed by atoms with Crippen molar-refractivity contribution >= 4 is 17.4 Å². The fraction of sp³-hybridized carbons (Fsp3) is 0.438. The molecule has 2 aromatic rings. The molecule has 0 aliphatic heterocycles. The zero-order valence-electron chi connectivity index (χ0n) is 12.9. The molecule has 0 aliphatic carbocycles. The molecule has 0 N–H and O–H groups in total. The van der Waals surface area contributed by atoms with E-state index in [9.17, 15) is 4.79 Å². The molecule has 1 atom stereocenters. The van der Waals surface area contributed by atoms with E-state index in [0.717, 1.165) is 0 Å². The second-order valence-electron chi connectivity index (χ2n) is 5.67. The van der Waals surface area contributed by atoms with E-state index < -0.39 is 0 Å². The molecule has 1 amide bonds. The lowest BCUT2D eigenvalue weighted by molar-refractivity contribution is 0.0659. The first kappa shape index (κ1) is 15.6. The van der Waals surface area contributed by atoms with Crippen LogP contribution in [0.25, 0.3) is 0 Å².